The van der Waals surface area contributed by atoms with E-state index in [1.165, 1.54) is 0 Å². The lowest BCUT2D eigenvalue weighted by Crippen LogP contribution is -2.40. The molecule has 6 rings (SSSR count). The molecule has 2 aromatic carbocycles. The van der Waals surface area contributed by atoms with Crippen LogP contribution in [0.2, 0.25) is 0 Å². The summed E-state index contributed by atoms with van der Waals surface area (Å²) in [7, 11) is 3.85. The molecule has 2 N–H and O–H groups in total. The normalized spacial score (nSPS) is 18.8. The molecule has 2 aliphatic carbocycles. The maximum Gasteiger partial charge on any atom is 0.248 e. The van der Waals surface area contributed by atoms with Crippen LogP contribution in [0.5, 0.6) is 0 Å². The second kappa shape index (κ2) is 15.7. The number of halogens is 4. The zero-order valence-corrected chi connectivity index (χ0v) is 32.0. The lowest BCUT2D eigenvalue weighted by atomic mass is 9.86. The van der Waals surface area contributed by atoms with Crippen LogP contribution in [0.3, 0.4) is 0 Å². The third kappa shape index (κ3) is 8.57. The first kappa shape index (κ1) is 39.2. The Hall–Kier alpha value is -4.48. The van der Waals surface area contributed by atoms with Gasteiger partial charge in [-0.05, 0) is 59.8 Å². The van der Waals surface area contributed by atoms with E-state index < -0.39 is 23.7 Å². The first-order valence-electron chi connectivity index (χ1n) is 19.1. The summed E-state index contributed by atoms with van der Waals surface area (Å²) in [6, 6.07) is 15.7. The van der Waals surface area contributed by atoms with E-state index in [0.29, 0.717) is 11.6 Å². The Bertz CT molecular complexity index is 1770. The monoisotopic (exact) mass is 748 g/mol. The molecule has 2 amide bonds. The number of benzene rings is 2. The summed E-state index contributed by atoms with van der Waals surface area (Å²) < 4.78 is 58.7. The molecule has 54 heavy (non-hydrogen) atoms. The number of hydrogen-bond acceptors (Lipinski definition) is 4. The SMILES string of the molecule is CC(C)C(NC(=O)C1CCC(F)(F)CC1)c1ncc(-c2ccc(-c3ccc(-c4cnc(C(NC(=O)C5CCC(F)(F)CC5)C(C)C)n4C)cc3)cc2)n1C. The third-order valence-electron chi connectivity index (χ3n) is 11.4. The molecule has 2 atom stereocenters. The first-order chi connectivity index (χ1) is 25.5. The van der Waals surface area contributed by atoms with Gasteiger partial charge in [-0.1, -0.05) is 76.2 Å². The zero-order valence-electron chi connectivity index (χ0n) is 32.0. The van der Waals surface area contributed by atoms with Crippen LogP contribution >= 0.6 is 0 Å². The predicted octanol–water partition coefficient (Wildman–Crippen LogP) is 9.43. The zero-order chi connectivity index (χ0) is 38.9. The highest BCUT2D eigenvalue weighted by atomic mass is 19.3. The minimum atomic E-state index is -2.68. The second-order valence-corrected chi connectivity index (χ2v) is 16.0. The number of carbonyl (C=O) groups excluding carboxylic acids is 2. The Labute approximate surface area is 315 Å². The van der Waals surface area contributed by atoms with Crippen LogP contribution in [0.4, 0.5) is 17.6 Å². The summed E-state index contributed by atoms with van der Waals surface area (Å²) >= 11 is 0. The Balaban J connectivity index is 1.12. The molecule has 0 spiro atoms. The number of alkyl halides is 4. The number of amides is 2. The van der Waals surface area contributed by atoms with Crippen molar-refractivity contribution >= 4 is 11.8 Å². The first-order valence-corrected chi connectivity index (χ1v) is 19.1. The van der Waals surface area contributed by atoms with Crippen LogP contribution in [0.15, 0.2) is 60.9 Å². The van der Waals surface area contributed by atoms with Crippen molar-refractivity contribution in [1.82, 2.24) is 29.7 Å². The van der Waals surface area contributed by atoms with Gasteiger partial charge in [0.1, 0.15) is 11.6 Å². The largest absolute Gasteiger partial charge is 0.346 e. The molecule has 290 valence electrons. The fraction of sp³-hybridized carbons (Fsp3) is 0.524. The molecule has 2 aromatic heterocycles. The molecule has 0 radical (unpaired) electrons. The van der Waals surface area contributed by atoms with Crippen molar-refractivity contribution in [2.24, 2.45) is 37.8 Å². The van der Waals surface area contributed by atoms with E-state index in [1.54, 1.807) is 12.4 Å². The molecule has 2 saturated carbocycles. The minimum absolute atomic E-state index is 0.0421. The number of rotatable bonds is 11. The Morgan fingerprint density at radius 2 is 0.889 bits per heavy atom. The van der Waals surface area contributed by atoms with Gasteiger partial charge in [-0.25, -0.2) is 27.5 Å². The molecular formula is C42H52F4N6O2. The smallest absolute Gasteiger partial charge is 0.248 e. The van der Waals surface area contributed by atoms with E-state index in [2.05, 4.69) is 34.9 Å². The summed E-state index contributed by atoms with van der Waals surface area (Å²) in [5.74, 6) is -5.07. The van der Waals surface area contributed by atoms with Crippen LogP contribution in [-0.4, -0.2) is 42.8 Å². The summed E-state index contributed by atoms with van der Waals surface area (Å²) in [6.45, 7) is 8.04. The molecule has 2 heterocycles. The van der Waals surface area contributed by atoms with Gasteiger partial charge in [-0.15, -0.1) is 0 Å². The summed E-state index contributed by atoms with van der Waals surface area (Å²) in [6.07, 6.45) is 3.32. The van der Waals surface area contributed by atoms with Crippen molar-refractivity contribution < 1.29 is 27.2 Å². The highest BCUT2D eigenvalue weighted by Crippen LogP contribution is 2.38. The van der Waals surface area contributed by atoms with Crippen molar-refractivity contribution in [3.05, 3.63) is 72.6 Å². The van der Waals surface area contributed by atoms with E-state index in [1.807, 2.05) is 75.2 Å². The second-order valence-electron chi connectivity index (χ2n) is 16.0. The highest BCUT2D eigenvalue weighted by molar-refractivity contribution is 5.80. The number of imidazole rings is 2. The van der Waals surface area contributed by atoms with E-state index in [0.717, 1.165) is 33.6 Å². The van der Waals surface area contributed by atoms with Crippen LogP contribution < -0.4 is 10.6 Å². The van der Waals surface area contributed by atoms with E-state index >= 15 is 0 Å². The molecule has 2 aliphatic rings. The van der Waals surface area contributed by atoms with E-state index in [9.17, 15) is 27.2 Å². The Morgan fingerprint density at radius 1 is 0.593 bits per heavy atom. The van der Waals surface area contributed by atoms with E-state index in [-0.39, 0.29) is 87.1 Å². The van der Waals surface area contributed by atoms with Crippen LogP contribution in [0.1, 0.15) is 103 Å². The lowest BCUT2D eigenvalue weighted by molar-refractivity contribution is -0.131. The Kier molecular flexibility index (Phi) is 11.4. The summed E-state index contributed by atoms with van der Waals surface area (Å²) in [5.41, 5.74) is 5.80. The fourth-order valence-electron chi connectivity index (χ4n) is 7.83. The minimum Gasteiger partial charge on any atom is -0.346 e. The Morgan fingerprint density at radius 3 is 1.19 bits per heavy atom. The molecule has 8 nitrogen and oxygen atoms in total. The molecule has 0 bridgehead atoms. The lowest BCUT2D eigenvalue weighted by Gasteiger charge is -2.30. The summed E-state index contributed by atoms with van der Waals surface area (Å²) in [5, 5.41) is 6.22. The van der Waals surface area contributed by atoms with Gasteiger partial charge in [0.2, 0.25) is 23.7 Å². The molecule has 0 aliphatic heterocycles. The van der Waals surface area contributed by atoms with Gasteiger partial charge < -0.3 is 19.8 Å². The number of nitrogens with zero attached hydrogens (tertiary/aromatic N) is 4. The van der Waals surface area contributed by atoms with Crippen LogP contribution in [0, 0.1) is 23.7 Å². The average molecular weight is 749 g/mol. The molecular weight excluding hydrogens is 696 g/mol. The van der Waals surface area contributed by atoms with Crippen molar-refractivity contribution in [1.29, 1.82) is 0 Å². The fourth-order valence-corrected chi connectivity index (χ4v) is 7.83. The molecule has 2 fully saturated rings. The van der Waals surface area contributed by atoms with Crippen LogP contribution in [0.25, 0.3) is 33.6 Å². The maximum absolute atomic E-state index is 13.7. The molecule has 4 aromatic rings. The van der Waals surface area contributed by atoms with Gasteiger partial charge in [-0.2, -0.15) is 0 Å². The van der Waals surface area contributed by atoms with Gasteiger partial charge in [0.15, 0.2) is 0 Å². The van der Waals surface area contributed by atoms with Gasteiger partial charge in [0.25, 0.3) is 0 Å². The van der Waals surface area contributed by atoms with Crippen molar-refractivity contribution in [2.75, 3.05) is 0 Å². The molecule has 0 saturated heterocycles. The number of nitrogens with one attached hydrogen (secondary N) is 2. The van der Waals surface area contributed by atoms with Crippen molar-refractivity contribution in [3.63, 3.8) is 0 Å². The standard InChI is InChI=1S/C42H52F4N6O2/c1-25(2)35(49-39(53)31-15-19-41(43,44)20-16-31)37-47-23-33(51(37)5)29-11-7-27(8-12-29)28-9-13-30(14-10-28)34-24-48-38(52(34)6)36(26(3)4)50-40(54)32-17-21-42(45,46)22-18-32/h7-14,23-26,31-32,35-36H,15-22H2,1-6H3,(H,49,53)(H,50,54). The number of hydrogen-bond donors (Lipinski definition) is 2. The van der Waals surface area contributed by atoms with Gasteiger partial charge in [0, 0.05) is 51.6 Å². The highest BCUT2D eigenvalue weighted by Gasteiger charge is 2.39. The van der Waals surface area contributed by atoms with Gasteiger partial charge in [-0.3, -0.25) is 9.59 Å². The number of carbonyl (C=O) groups is 2. The van der Waals surface area contributed by atoms with Gasteiger partial charge >= 0.3 is 0 Å². The molecule has 12 heteroatoms. The van der Waals surface area contributed by atoms with Crippen molar-refractivity contribution in [3.8, 4) is 33.6 Å². The number of aromatic nitrogens is 4. The van der Waals surface area contributed by atoms with Gasteiger partial charge in [0.05, 0.1) is 35.9 Å². The topological polar surface area (TPSA) is 93.8 Å². The maximum atomic E-state index is 13.7. The predicted molar refractivity (Wildman–Crippen MR) is 202 cm³/mol. The molecule has 2 unspecified atom stereocenters. The van der Waals surface area contributed by atoms with Crippen molar-refractivity contribution in [2.45, 2.75) is 103 Å². The third-order valence-corrected chi connectivity index (χ3v) is 11.4. The van der Waals surface area contributed by atoms with Crippen LogP contribution in [-0.2, 0) is 23.7 Å². The quantitative estimate of drug-likeness (QED) is 0.150. The average Bonchev–Trinajstić information content (AvgIpc) is 3.70. The van der Waals surface area contributed by atoms with E-state index in [4.69, 9.17) is 9.97 Å². The summed E-state index contributed by atoms with van der Waals surface area (Å²) in [4.78, 5) is 35.6.